The molecular formula is C28H40FN2O8PS. The van der Waals surface area contributed by atoms with E-state index in [0.717, 1.165) is 5.56 Å². The molecule has 0 radical (unpaired) electrons. The number of sulfonamides is 1. The molecular weight excluding hydrogens is 574 g/mol. The van der Waals surface area contributed by atoms with E-state index in [9.17, 15) is 37.0 Å². The molecule has 0 fully saturated rings. The molecule has 0 heterocycles. The van der Waals surface area contributed by atoms with E-state index >= 15 is 0 Å². The number of halogens is 1. The van der Waals surface area contributed by atoms with Gasteiger partial charge in [-0.3, -0.25) is 9.36 Å². The van der Waals surface area contributed by atoms with Crippen LogP contribution in [-0.4, -0.2) is 54.5 Å². The Hall–Kier alpha value is -2.79. The first kappa shape index (κ1) is 34.4. The summed E-state index contributed by atoms with van der Waals surface area (Å²) >= 11 is 0. The van der Waals surface area contributed by atoms with Crippen molar-refractivity contribution < 1.29 is 41.7 Å². The number of carboxylic acids is 1. The van der Waals surface area contributed by atoms with E-state index in [-0.39, 0.29) is 24.3 Å². The van der Waals surface area contributed by atoms with E-state index in [2.05, 4.69) is 14.8 Å². The quantitative estimate of drug-likeness (QED) is 0.182. The number of nitrogens with one attached hydrogen (secondary N) is 2. The number of hydrogen-bond donors (Lipinski definition) is 4. The molecule has 0 bridgehead atoms. The third kappa shape index (κ3) is 11.9. The standard InChI is InChI=1S/C28H40FN2O8PS/c1-4-10-25(29)39-28(34)30-18-22-13-8-15-23(17-22)24(27(32)33)19-40(35,36)26(20(2)3)31-41(37,38)16-9-14-21-11-6-5-7-12-21/h5-8,11-13,15,17,20,24-26,31H,4,9-10,14,16,18-19H2,1-3H3,(H,30,34)(H,32,33)(H,35,36). The molecule has 0 saturated heterocycles. The highest BCUT2D eigenvalue weighted by atomic mass is 32.2. The van der Waals surface area contributed by atoms with Crippen LogP contribution in [0.15, 0.2) is 54.6 Å². The first-order valence-corrected chi connectivity index (χ1v) is 17.1. The molecule has 41 heavy (non-hydrogen) atoms. The second-order valence-electron chi connectivity index (χ2n) is 10.2. The summed E-state index contributed by atoms with van der Waals surface area (Å²) < 4.78 is 59.6. The Balaban J connectivity index is 2.11. The van der Waals surface area contributed by atoms with E-state index < -0.39 is 59.6 Å². The van der Waals surface area contributed by atoms with Crippen LogP contribution < -0.4 is 10.0 Å². The highest BCUT2D eigenvalue weighted by molar-refractivity contribution is 7.89. The molecule has 2 rings (SSSR count). The lowest BCUT2D eigenvalue weighted by Gasteiger charge is -2.29. The molecule has 0 aliphatic rings. The summed E-state index contributed by atoms with van der Waals surface area (Å²) in [7, 11) is -8.34. The van der Waals surface area contributed by atoms with Crippen LogP contribution in [-0.2, 0) is 37.1 Å². The van der Waals surface area contributed by atoms with Crippen molar-refractivity contribution in [3.63, 3.8) is 0 Å². The van der Waals surface area contributed by atoms with Gasteiger partial charge in [0.1, 0.15) is 5.78 Å². The summed E-state index contributed by atoms with van der Waals surface area (Å²) in [5, 5.41) is 12.3. The Morgan fingerprint density at radius 3 is 2.34 bits per heavy atom. The minimum absolute atomic E-state index is 0.0611. The third-order valence-corrected chi connectivity index (χ3v) is 10.5. The predicted octanol–water partition coefficient (Wildman–Crippen LogP) is 4.98. The fraction of sp³-hybridized carbons (Fsp3) is 0.500. The molecule has 0 aliphatic carbocycles. The molecule has 2 aromatic carbocycles. The number of rotatable bonds is 17. The second-order valence-corrected chi connectivity index (χ2v) is 14.6. The molecule has 0 aromatic heterocycles. The Kier molecular flexibility index (Phi) is 13.4. The van der Waals surface area contributed by atoms with Gasteiger partial charge in [0.25, 0.3) is 0 Å². The van der Waals surface area contributed by atoms with Crippen molar-refractivity contribution in [2.45, 2.75) is 71.1 Å². The highest BCUT2D eigenvalue weighted by Gasteiger charge is 2.40. The third-order valence-electron chi connectivity index (χ3n) is 6.37. The normalized spacial score (nSPS) is 15.5. The molecule has 0 aliphatic heterocycles. The van der Waals surface area contributed by atoms with E-state index in [0.29, 0.717) is 24.8 Å². The molecule has 4 atom stereocenters. The molecule has 4 N–H and O–H groups in total. The van der Waals surface area contributed by atoms with E-state index in [4.69, 9.17) is 0 Å². The number of benzene rings is 2. The van der Waals surface area contributed by atoms with Gasteiger partial charge in [-0.25, -0.2) is 22.3 Å². The maximum Gasteiger partial charge on any atom is 0.409 e. The van der Waals surface area contributed by atoms with Crippen LogP contribution in [0.5, 0.6) is 0 Å². The van der Waals surface area contributed by atoms with Crippen LogP contribution in [0.25, 0.3) is 0 Å². The lowest BCUT2D eigenvalue weighted by atomic mass is 9.99. The summed E-state index contributed by atoms with van der Waals surface area (Å²) in [6, 6.07) is 15.4. The minimum Gasteiger partial charge on any atom is -0.481 e. The van der Waals surface area contributed by atoms with Crippen molar-refractivity contribution >= 4 is 29.5 Å². The fourth-order valence-electron chi connectivity index (χ4n) is 4.28. The zero-order valence-corrected chi connectivity index (χ0v) is 25.2. The molecule has 4 unspecified atom stereocenters. The first-order chi connectivity index (χ1) is 19.2. The average Bonchev–Trinajstić information content (AvgIpc) is 2.90. The zero-order chi connectivity index (χ0) is 30.6. The van der Waals surface area contributed by atoms with Gasteiger partial charge in [-0.1, -0.05) is 75.4 Å². The topological polar surface area (TPSA) is 159 Å². The minimum atomic E-state index is -4.39. The van der Waals surface area contributed by atoms with Gasteiger partial charge in [0, 0.05) is 19.1 Å². The van der Waals surface area contributed by atoms with Gasteiger partial charge in [-0.2, -0.15) is 0 Å². The summed E-state index contributed by atoms with van der Waals surface area (Å²) in [6.07, 6.45) is -2.05. The predicted molar refractivity (Wildman–Crippen MR) is 155 cm³/mol. The number of aliphatic carboxylic acids is 1. The van der Waals surface area contributed by atoms with Gasteiger partial charge < -0.3 is 20.1 Å². The number of hydrogen-bond acceptors (Lipinski definition) is 6. The number of carbonyl (C=O) groups excluding carboxylic acids is 1. The summed E-state index contributed by atoms with van der Waals surface area (Å²) in [6.45, 7) is 4.83. The Morgan fingerprint density at radius 2 is 1.73 bits per heavy atom. The molecule has 10 nitrogen and oxygen atoms in total. The molecule has 0 saturated carbocycles. The maximum atomic E-state index is 13.5. The summed E-state index contributed by atoms with van der Waals surface area (Å²) in [5.41, 5.74) is 1.63. The van der Waals surface area contributed by atoms with Crippen molar-refractivity contribution in [2.75, 3.05) is 11.9 Å². The van der Waals surface area contributed by atoms with Crippen molar-refractivity contribution in [3.8, 4) is 0 Å². The lowest BCUT2D eigenvalue weighted by Crippen LogP contribution is -2.41. The SMILES string of the molecule is CCCC(F)OC(=O)NCc1cccc(C(CP(=O)(O)C(NS(=O)(=O)CCCc2ccccc2)C(C)C)C(=O)O)c1. The smallest absolute Gasteiger partial charge is 0.409 e. The first-order valence-electron chi connectivity index (χ1n) is 13.5. The van der Waals surface area contributed by atoms with Crippen molar-refractivity contribution in [3.05, 3.63) is 71.3 Å². The number of carboxylic acid groups (broad SMARTS) is 1. The summed E-state index contributed by atoms with van der Waals surface area (Å²) in [5.74, 6) is -5.04. The Bertz CT molecular complexity index is 1290. The second kappa shape index (κ2) is 16.0. The highest BCUT2D eigenvalue weighted by Crippen LogP contribution is 2.51. The van der Waals surface area contributed by atoms with Gasteiger partial charge in [-0.15, -0.1) is 0 Å². The Morgan fingerprint density at radius 1 is 1.07 bits per heavy atom. The maximum absolute atomic E-state index is 13.5. The van der Waals surface area contributed by atoms with Crippen LogP contribution in [0.4, 0.5) is 9.18 Å². The van der Waals surface area contributed by atoms with Gasteiger partial charge in [-0.05, 0) is 41.9 Å². The van der Waals surface area contributed by atoms with E-state index in [1.807, 2.05) is 30.3 Å². The number of amides is 1. The van der Waals surface area contributed by atoms with Crippen LogP contribution in [0, 0.1) is 5.92 Å². The zero-order valence-electron chi connectivity index (χ0n) is 23.5. The summed E-state index contributed by atoms with van der Waals surface area (Å²) in [4.78, 5) is 35.0. The van der Waals surface area contributed by atoms with Crippen LogP contribution in [0.1, 0.15) is 62.6 Å². The number of ether oxygens (including phenoxy) is 1. The monoisotopic (exact) mass is 614 g/mol. The molecule has 228 valence electrons. The van der Waals surface area contributed by atoms with Gasteiger partial charge >= 0.3 is 12.1 Å². The van der Waals surface area contributed by atoms with Gasteiger partial charge in [0.15, 0.2) is 0 Å². The number of carbonyl (C=O) groups is 2. The van der Waals surface area contributed by atoms with E-state index in [1.165, 1.54) is 18.2 Å². The van der Waals surface area contributed by atoms with Gasteiger partial charge in [0.2, 0.25) is 23.7 Å². The van der Waals surface area contributed by atoms with E-state index in [1.54, 1.807) is 26.8 Å². The largest absolute Gasteiger partial charge is 0.481 e. The van der Waals surface area contributed by atoms with Crippen molar-refractivity contribution in [1.29, 1.82) is 0 Å². The van der Waals surface area contributed by atoms with Gasteiger partial charge in [0.05, 0.1) is 11.7 Å². The van der Waals surface area contributed by atoms with Crippen molar-refractivity contribution in [2.24, 2.45) is 5.92 Å². The number of alkyl halides is 1. The van der Waals surface area contributed by atoms with Crippen LogP contribution in [0.3, 0.4) is 0 Å². The molecule has 1 amide bonds. The fourth-order valence-corrected chi connectivity index (χ4v) is 8.75. The number of alkyl carbamates (subject to hydrolysis) is 1. The molecule has 13 heteroatoms. The van der Waals surface area contributed by atoms with Crippen molar-refractivity contribution in [1.82, 2.24) is 10.0 Å². The molecule has 2 aromatic rings. The van der Waals surface area contributed by atoms with Crippen LogP contribution >= 0.6 is 7.37 Å². The lowest BCUT2D eigenvalue weighted by molar-refractivity contribution is -0.138. The Labute approximate surface area is 241 Å². The molecule has 0 spiro atoms. The number of aryl methyl sites for hydroxylation is 1. The average molecular weight is 615 g/mol. The van der Waals surface area contributed by atoms with Crippen LogP contribution in [0.2, 0.25) is 0 Å².